The van der Waals surface area contributed by atoms with Crippen molar-refractivity contribution in [3.8, 4) is 0 Å². The third-order valence-corrected chi connectivity index (χ3v) is 5.44. The van der Waals surface area contributed by atoms with Crippen molar-refractivity contribution in [3.63, 3.8) is 0 Å². The molecule has 0 spiro atoms. The second kappa shape index (κ2) is 5.92. The van der Waals surface area contributed by atoms with Gasteiger partial charge in [-0.15, -0.1) is 11.6 Å². The highest BCUT2D eigenvalue weighted by molar-refractivity contribution is 9.10. The van der Waals surface area contributed by atoms with Crippen LogP contribution in [0.4, 0.5) is 0 Å². The van der Waals surface area contributed by atoms with Crippen molar-refractivity contribution in [2.45, 2.75) is 51.5 Å². The maximum Gasteiger partial charge on any atom is 0.127 e. The zero-order chi connectivity index (χ0) is 15.1. The Morgan fingerprint density at radius 1 is 1.33 bits per heavy atom. The Balaban J connectivity index is 2.13. The number of hydrogen-bond donors (Lipinski definition) is 0. The average molecular weight is 370 g/mol. The quantitative estimate of drug-likeness (QED) is 0.585. The molecule has 1 saturated carbocycles. The number of imidazole rings is 1. The molecular formula is C17H22BrClN2. The van der Waals surface area contributed by atoms with E-state index in [9.17, 15) is 0 Å². The van der Waals surface area contributed by atoms with E-state index in [0.29, 0.717) is 12.0 Å². The molecule has 1 heterocycles. The summed E-state index contributed by atoms with van der Waals surface area (Å²) in [4.78, 5) is 4.80. The van der Waals surface area contributed by atoms with E-state index in [2.05, 4.69) is 52.5 Å². The lowest BCUT2D eigenvalue weighted by atomic mass is 9.79. The van der Waals surface area contributed by atoms with Crippen molar-refractivity contribution < 1.29 is 0 Å². The van der Waals surface area contributed by atoms with Gasteiger partial charge >= 0.3 is 0 Å². The summed E-state index contributed by atoms with van der Waals surface area (Å²) in [5.74, 6) is 2.51. The lowest BCUT2D eigenvalue weighted by molar-refractivity contribution is 0.208. The highest BCUT2D eigenvalue weighted by Gasteiger charge is 2.30. The summed E-state index contributed by atoms with van der Waals surface area (Å²) >= 11 is 9.96. The monoisotopic (exact) mass is 368 g/mol. The molecule has 2 aromatic rings. The molecule has 21 heavy (non-hydrogen) atoms. The minimum absolute atomic E-state index is 0.0669. The Hall–Kier alpha value is -0.540. The molecule has 0 bridgehead atoms. The van der Waals surface area contributed by atoms with Crippen LogP contribution >= 0.6 is 27.5 Å². The van der Waals surface area contributed by atoms with Gasteiger partial charge in [0.05, 0.1) is 16.4 Å². The molecule has 114 valence electrons. The van der Waals surface area contributed by atoms with Gasteiger partial charge in [-0.05, 0) is 56.2 Å². The smallest absolute Gasteiger partial charge is 0.127 e. The normalized spacial score (nSPS) is 28.0. The Morgan fingerprint density at radius 2 is 2.10 bits per heavy atom. The molecule has 1 fully saturated rings. The van der Waals surface area contributed by atoms with Gasteiger partial charge in [0, 0.05) is 10.5 Å². The van der Waals surface area contributed by atoms with Gasteiger partial charge in [0.1, 0.15) is 5.82 Å². The van der Waals surface area contributed by atoms with Gasteiger partial charge < -0.3 is 4.57 Å². The Labute approximate surface area is 140 Å². The zero-order valence-electron chi connectivity index (χ0n) is 12.8. The average Bonchev–Trinajstić information content (AvgIpc) is 2.77. The predicted octanol–water partition coefficient (Wildman–Crippen LogP) is 6.10. The minimum Gasteiger partial charge on any atom is -0.323 e. The summed E-state index contributed by atoms with van der Waals surface area (Å²) in [6, 6.07) is 6.87. The van der Waals surface area contributed by atoms with Crippen molar-refractivity contribution >= 4 is 38.6 Å². The van der Waals surface area contributed by atoms with Crippen LogP contribution in [0.1, 0.15) is 57.3 Å². The molecule has 0 saturated heterocycles. The van der Waals surface area contributed by atoms with E-state index in [4.69, 9.17) is 16.6 Å². The minimum atomic E-state index is -0.0669. The van der Waals surface area contributed by atoms with Crippen molar-refractivity contribution in [2.75, 3.05) is 0 Å². The fraction of sp³-hybridized carbons (Fsp3) is 0.588. The first-order valence-electron chi connectivity index (χ1n) is 7.78. The summed E-state index contributed by atoms with van der Waals surface area (Å²) in [6.45, 7) is 6.75. The van der Waals surface area contributed by atoms with Crippen molar-refractivity contribution in [2.24, 2.45) is 11.8 Å². The number of hydrogen-bond acceptors (Lipinski definition) is 1. The van der Waals surface area contributed by atoms with E-state index >= 15 is 0 Å². The van der Waals surface area contributed by atoms with E-state index < -0.39 is 0 Å². The summed E-state index contributed by atoms with van der Waals surface area (Å²) < 4.78 is 3.48. The van der Waals surface area contributed by atoms with Crippen molar-refractivity contribution in [1.82, 2.24) is 9.55 Å². The molecule has 1 aromatic carbocycles. The molecule has 4 atom stereocenters. The molecular weight excluding hydrogens is 348 g/mol. The third-order valence-electron chi connectivity index (χ3n) is 4.75. The molecule has 3 rings (SSSR count). The van der Waals surface area contributed by atoms with Crippen LogP contribution in [-0.2, 0) is 0 Å². The number of benzene rings is 1. The van der Waals surface area contributed by atoms with E-state index in [1.807, 2.05) is 6.92 Å². The number of aromatic nitrogens is 2. The van der Waals surface area contributed by atoms with Gasteiger partial charge in [-0.3, -0.25) is 0 Å². The zero-order valence-corrected chi connectivity index (χ0v) is 15.2. The molecule has 0 aliphatic heterocycles. The summed E-state index contributed by atoms with van der Waals surface area (Å²) in [6.07, 6.45) is 3.80. The molecule has 1 aromatic heterocycles. The second-order valence-electron chi connectivity index (χ2n) is 6.55. The van der Waals surface area contributed by atoms with Gasteiger partial charge in [0.25, 0.3) is 0 Å². The van der Waals surface area contributed by atoms with Gasteiger partial charge in [-0.25, -0.2) is 4.98 Å². The number of alkyl halides is 1. The van der Waals surface area contributed by atoms with Gasteiger partial charge in [0.15, 0.2) is 0 Å². The van der Waals surface area contributed by atoms with Crippen LogP contribution in [0.15, 0.2) is 22.7 Å². The fourth-order valence-electron chi connectivity index (χ4n) is 3.75. The SMILES string of the molecule is CC1CCC(n2c(C(C)Cl)nc3cc(Br)ccc32)C(C)C1. The molecule has 4 unspecified atom stereocenters. The van der Waals surface area contributed by atoms with Crippen LogP contribution in [-0.4, -0.2) is 9.55 Å². The van der Waals surface area contributed by atoms with E-state index in [-0.39, 0.29) is 5.38 Å². The van der Waals surface area contributed by atoms with Crippen LogP contribution in [0.25, 0.3) is 11.0 Å². The van der Waals surface area contributed by atoms with Crippen LogP contribution in [0.3, 0.4) is 0 Å². The Bertz CT molecular complexity index is 650. The maximum atomic E-state index is 6.42. The van der Waals surface area contributed by atoms with Gasteiger partial charge in [0.2, 0.25) is 0 Å². The van der Waals surface area contributed by atoms with E-state index in [1.165, 1.54) is 24.8 Å². The predicted molar refractivity (Wildman–Crippen MR) is 92.9 cm³/mol. The molecule has 0 radical (unpaired) electrons. The number of halogens is 2. The second-order valence-corrected chi connectivity index (χ2v) is 8.12. The highest BCUT2D eigenvalue weighted by Crippen LogP contribution is 2.41. The fourth-order valence-corrected chi connectivity index (χ4v) is 4.26. The summed E-state index contributed by atoms with van der Waals surface area (Å²) in [7, 11) is 0. The first kappa shape index (κ1) is 15.4. The third kappa shape index (κ3) is 2.87. The standard InChI is InChI=1S/C17H22BrClN2/c1-10-4-6-15(11(2)8-10)21-16-7-5-13(18)9-14(16)20-17(21)12(3)19/h5,7,9-12,15H,4,6,8H2,1-3H3. The molecule has 1 aliphatic carbocycles. The molecule has 4 heteroatoms. The number of nitrogens with zero attached hydrogens (tertiary/aromatic N) is 2. The maximum absolute atomic E-state index is 6.42. The lowest BCUT2D eigenvalue weighted by Crippen LogP contribution is -2.26. The summed E-state index contributed by atoms with van der Waals surface area (Å²) in [5, 5.41) is -0.0669. The Kier molecular flexibility index (Phi) is 4.33. The Morgan fingerprint density at radius 3 is 2.76 bits per heavy atom. The van der Waals surface area contributed by atoms with Crippen LogP contribution < -0.4 is 0 Å². The molecule has 2 nitrogen and oxygen atoms in total. The topological polar surface area (TPSA) is 17.8 Å². The largest absolute Gasteiger partial charge is 0.323 e. The molecule has 1 aliphatic rings. The summed E-state index contributed by atoms with van der Waals surface area (Å²) in [5.41, 5.74) is 2.25. The number of fused-ring (bicyclic) bond motifs is 1. The van der Waals surface area contributed by atoms with E-state index in [1.54, 1.807) is 0 Å². The highest BCUT2D eigenvalue weighted by atomic mass is 79.9. The first-order valence-corrected chi connectivity index (χ1v) is 9.01. The van der Waals surface area contributed by atoms with E-state index in [0.717, 1.165) is 21.7 Å². The van der Waals surface area contributed by atoms with Gasteiger partial charge in [-0.1, -0.05) is 29.8 Å². The van der Waals surface area contributed by atoms with Gasteiger partial charge in [-0.2, -0.15) is 0 Å². The van der Waals surface area contributed by atoms with Crippen LogP contribution in [0.2, 0.25) is 0 Å². The van der Waals surface area contributed by atoms with Crippen LogP contribution in [0.5, 0.6) is 0 Å². The van der Waals surface area contributed by atoms with Crippen LogP contribution in [0, 0.1) is 11.8 Å². The van der Waals surface area contributed by atoms with Crippen molar-refractivity contribution in [3.05, 3.63) is 28.5 Å². The van der Waals surface area contributed by atoms with Crippen molar-refractivity contribution in [1.29, 1.82) is 0 Å². The number of rotatable bonds is 2. The first-order chi connectivity index (χ1) is 9.97. The molecule has 0 N–H and O–H groups in total. The molecule has 0 amide bonds. The lowest BCUT2D eigenvalue weighted by Gasteiger charge is -2.35.